The lowest BCUT2D eigenvalue weighted by molar-refractivity contribution is 0.415. The fraction of sp³-hybridized carbons (Fsp3) is 0.0667. The molecule has 0 saturated carbocycles. The lowest BCUT2D eigenvalue weighted by Crippen LogP contribution is -1.97. The van der Waals surface area contributed by atoms with Gasteiger partial charge in [-0.15, -0.1) is 0 Å². The lowest BCUT2D eigenvalue weighted by atomic mass is 10.1. The van der Waals surface area contributed by atoms with E-state index >= 15 is 0 Å². The van der Waals surface area contributed by atoms with Crippen LogP contribution in [0.2, 0.25) is 0 Å². The normalized spacial score (nSPS) is 10.6. The van der Waals surface area contributed by atoms with E-state index in [2.05, 4.69) is 9.97 Å². The van der Waals surface area contributed by atoms with Gasteiger partial charge in [0.25, 0.3) is 0 Å². The smallest absolute Gasteiger partial charge is 0.162 e. The van der Waals surface area contributed by atoms with Crippen molar-refractivity contribution in [1.29, 1.82) is 0 Å². The fourth-order valence-corrected chi connectivity index (χ4v) is 1.99. The number of aromatic nitrogens is 2. The summed E-state index contributed by atoms with van der Waals surface area (Å²) in [4.78, 5) is 8.89. The number of nitrogens with zero attached hydrogens (tertiary/aromatic N) is 2. The maximum Gasteiger partial charge on any atom is 0.162 e. The monoisotopic (exact) mass is 251 g/mol. The summed E-state index contributed by atoms with van der Waals surface area (Å²) in [6.45, 7) is 0. The molecule has 0 fully saturated rings. The van der Waals surface area contributed by atoms with Crippen LogP contribution in [0.4, 0.5) is 5.82 Å². The van der Waals surface area contributed by atoms with Crippen molar-refractivity contribution in [3.63, 3.8) is 0 Å². The molecule has 0 saturated heterocycles. The van der Waals surface area contributed by atoms with Gasteiger partial charge in [0.2, 0.25) is 0 Å². The first-order valence-electron chi connectivity index (χ1n) is 5.94. The lowest BCUT2D eigenvalue weighted by Gasteiger charge is -2.06. The molecular weight excluding hydrogens is 238 g/mol. The molecular formula is C15H13N3O. The quantitative estimate of drug-likeness (QED) is 0.760. The summed E-state index contributed by atoms with van der Waals surface area (Å²) in [6.07, 6.45) is 0. The number of nitrogens with two attached hydrogens (primary N) is 1. The first kappa shape index (κ1) is 11.5. The minimum absolute atomic E-state index is 0.489. The zero-order chi connectivity index (χ0) is 13.2. The van der Waals surface area contributed by atoms with Gasteiger partial charge in [-0.3, -0.25) is 0 Å². The Hall–Kier alpha value is -2.62. The highest BCUT2D eigenvalue weighted by molar-refractivity contribution is 5.89. The molecule has 3 aromatic rings. The molecule has 0 aliphatic rings. The maximum absolute atomic E-state index is 5.98. The number of ether oxygens (including phenoxy) is 1. The zero-order valence-electron chi connectivity index (χ0n) is 10.5. The van der Waals surface area contributed by atoms with Gasteiger partial charge in [-0.25, -0.2) is 9.97 Å². The third kappa shape index (κ3) is 2.08. The van der Waals surface area contributed by atoms with Crippen molar-refractivity contribution in [2.24, 2.45) is 0 Å². The number of benzene rings is 2. The Kier molecular flexibility index (Phi) is 2.76. The highest BCUT2D eigenvalue weighted by Gasteiger charge is 2.07. The topological polar surface area (TPSA) is 61.0 Å². The molecule has 0 bridgehead atoms. The van der Waals surface area contributed by atoms with Crippen molar-refractivity contribution in [1.82, 2.24) is 9.97 Å². The summed E-state index contributed by atoms with van der Waals surface area (Å²) in [5.74, 6) is 1.87. The van der Waals surface area contributed by atoms with Gasteiger partial charge in [0.15, 0.2) is 5.82 Å². The third-order valence-electron chi connectivity index (χ3n) is 2.96. The van der Waals surface area contributed by atoms with Crippen molar-refractivity contribution < 1.29 is 4.74 Å². The van der Waals surface area contributed by atoms with Gasteiger partial charge in [-0.1, -0.05) is 24.3 Å². The van der Waals surface area contributed by atoms with E-state index in [-0.39, 0.29) is 0 Å². The molecule has 1 heterocycles. The summed E-state index contributed by atoms with van der Waals surface area (Å²) in [5.41, 5.74) is 7.71. The first-order valence-corrected chi connectivity index (χ1v) is 5.94. The van der Waals surface area contributed by atoms with Crippen LogP contribution in [0.5, 0.6) is 5.75 Å². The molecule has 0 aliphatic carbocycles. The van der Waals surface area contributed by atoms with Crippen molar-refractivity contribution >= 4 is 16.7 Å². The Balaban J connectivity index is 2.19. The molecule has 0 radical (unpaired) electrons. The van der Waals surface area contributed by atoms with Crippen LogP contribution in [0.15, 0.2) is 48.5 Å². The molecule has 94 valence electrons. The van der Waals surface area contributed by atoms with Crippen LogP contribution in [0.25, 0.3) is 22.3 Å². The van der Waals surface area contributed by atoms with Gasteiger partial charge < -0.3 is 10.5 Å². The van der Waals surface area contributed by atoms with Crippen molar-refractivity contribution in [3.05, 3.63) is 48.5 Å². The third-order valence-corrected chi connectivity index (χ3v) is 2.96. The molecule has 4 heteroatoms. The number of rotatable bonds is 2. The molecule has 2 N–H and O–H groups in total. The Morgan fingerprint density at radius 2 is 1.84 bits per heavy atom. The van der Waals surface area contributed by atoms with E-state index in [0.717, 1.165) is 22.2 Å². The summed E-state index contributed by atoms with van der Waals surface area (Å²) < 4.78 is 5.21. The summed E-state index contributed by atoms with van der Waals surface area (Å²) in [7, 11) is 1.63. The van der Waals surface area contributed by atoms with Gasteiger partial charge in [0, 0.05) is 10.9 Å². The van der Waals surface area contributed by atoms with Crippen LogP contribution in [-0.4, -0.2) is 17.1 Å². The average Bonchev–Trinajstić information content (AvgIpc) is 2.47. The second kappa shape index (κ2) is 4.57. The van der Waals surface area contributed by atoms with Gasteiger partial charge in [-0.05, 0) is 24.3 Å². The Morgan fingerprint density at radius 1 is 1.00 bits per heavy atom. The molecule has 0 spiro atoms. The molecule has 0 amide bonds. The van der Waals surface area contributed by atoms with E-state index < -0.39 is 0 Å². The minimum Gasteiger partial charge on any atom is -0.497 e. The fourth-order valence-electron chi connectivity index (χ4n) is 1.99. The number of hydrogen-bond acceptors (Lipinski definition) is 4. The minimum atomic E-state index is 0.489. The number of nitrogen functional groups attached to an aromatic ring is 1. The molecule has 19 heavy (non-hydrogen) atoms. The Bertz CT molecular complexity index is 740. The standard InChI is InChI=1S/C15H13N3O/c1-19-11-6-4-5-10(9-11)15-17-13-8-3-2-7-12(13)14(16)18-15/h2-9H,1H3,(H2,16,17,18). The number of hydrogen-bond donors (Lipinski definition) is 1. The zero-order valence-corrected chi connectivity index (χ0v) is 10.5. The van der Waals surface area contributed by atoms with Gasteiger partial charge in [0.1, 0.15) is 11.6 Å². The van der Waals surface area contributed by atoms with Crippen LogP contribution in [0.3, 0.4) is 0 Å². The van der Waals surface area contributed by atoms with E-state index in [9.17, 15) is 0 Å². The SMILES string of the molecule is COc1cccc(-c2nc(N)c3ccccc3n2)c1. The number of methoxy groups -OCH3 is 1. The molecule has 0 atom stereocenters. The second-order valence-electron chi connectivity index (χ2n) is 4.18. The van der Waals surface area contributed by atoms with Crippen LogP contribution >= 0.6 is 0 Å². The summed E-state index contributed by atoms with van der Waals surface area (Å²) >= 11 is 0. The van der Waals surface area contributed by atoms with Crippen LogP contribution in [0, 0.1) is 0 Å². The molecule has 0 aliphatic heterocycles. The maximum atomic E-state index is 5.98. The molecule has 2 aromatic carbocycles. The Labute approximate surface area is 110 Å². The molecule has 3 rings (SSSR count). The first-order chi connectivity index (χ1) is 9.28. The van der Waals surface area contributed by atoms with E-state index in [0.29, 0.717) is 11.6 Å². The number of anilines is 1. The second-order valence-corrected chi connectivity index (χ2v) is 4.18. The van der Waals surface area contributed by atoms with Crippen LogP contribution in [0.1, 0.15) is 0 Å². The largest absolute Gasteiger partial charge is 0.497 e. The van der Waals surface area contributed by atoms with E-state index in [1.807, 2.05) is 48.5 Å². The summed E-state index contributed by atoms with van der Waals surface area (Å²) in [6, 6.07) is 15.3. The molecule has 0 unspecified atom stereocenters. The number of para-hydroxylation sites is 1. The highest BCUT2D eigenvalue weighted by Crippen LogP contribution is 2.25. The van der Waals surface area contributed by atoms with E-state index in [4.69, 9.17) is 10.5 Å². The van der Waals surface area contributed by atoms with E-state index in [1.165, 1.54) is 0 Å². The average molecular weight is 251 g/mol. The predicted octanol–water partition coefficient (Wildman–Crippen LogP) is 2.89. The molecule has 1 aromatic heterocycles. The molecule has 4 nitrogen and oxygen atoms in total. The highest BCUT2D eigenvalue weighted by atomic mass is 16.5. The van der Waals surface area contributed by atoms with Crippen molar-refractivity contribution in [3.8, 4) is 17.1 Å². The van der Waals surface area contributed by atoms with Crippen LogP contribution in [-0.2, 0) is 0 Å². The van der Waals surface area contributed by atoms with Crippen LogP contribution < -0.4 is 10.5 Å². The Morgan fingerprint density at radius 3 is 2.68 bits per heavy atom. The van der Waals surface area contributed by atoms with Gasteiger partial charge >= 0.3 is 0 Å². The van der Waals surface area contributed by atoms with Gasteiger partial charge in [-0.2, -0.15) is 0 Å². The summed E-state index contributed by atoms with van der Waals surface area (Å²) in [5, 5.41) is 0.870. The van der Waals surface area contributed by atoms with Crippen molar-refractivity contribution in [2.45, 2.75) is 0 Å². The van der Waals surface area contributed by atoms with Gasteiger partial charge in [0.05, 0.1) is 12.6 Å². The van der Waals surface area contributed by atoms with E-state index in [1.54, 1.807) is 7.11 Å². The van der Waals surface area contributed by atoms with Crippen molar-refractivity contribution in [2.75, 3.05) is 12.8 Å². The predicted molar refractivity (Wildman–Crippen MR) is 75.9 cm³/mol. The number of fused-ring (bicyclic) bond motifs is 1.